The Bertz CT molecular complexity index is 2640. The molecule has 3 aromatic carbocycles. The fourth-order valence-electron chi connectivity index (χ4n) is 9.67. The molecule has 0 bridgehead atoms. The Labute approximate surface area is 338 Å². The molecule has 4 amide bonds. The molecule has 12 heteroatoms. The molecule has 1 N–H and O–H groups in total. The van der Waals surface area contributed by atoms with Crippen LogP contribution in [-0.2, 0) is 26.2 Å². The van der Waals surface area contributed by atoms with Crippen molar-refractivity contribution in [1.82, 2.24) is 9.78 Å². The van der Waals surface area contributed by atoms with Crippen LogP contribution in [0.2, 0.25) is 5.02 Å². The maximum Gasteiger partial charge on any atom is 0.242 e. The molecule has 0 radical (unpaired) electrons. The minimum atomic E-state index is -1.23. The second kappa shape index (κ2) is 13.4. The monoisotopic (exact) mass is 798 g/mol. The number of hydrogen-bond donors (Lipinski definition) is 1. The topological polar surface area (TPSA) is 122 Å². The number of nitrogens with zero attached hydrogens (tertiary/aromatic N) is 4. The van der Waals surface area contributed by atoms with Gasteiger partial charge in [0.1, 0.15) is 11.5 Å². The van der Waals surface area contributed by atoms with Crippen molar-refractivity contribution in [2.45, 2.75) is 26.7 Å². The molecule has 2 aliphatic heterocycles. The summed E-state index contributed by atoms with van der Waals surface area (Å²) >= 11 is 7.90. The van der Waals surface area contributed by atoms with Crippen molar-refractivity contribution in [2.24, 2.45) is 42.1 Å². The van der Waals surface area contributed by atoms with E-state index in [1.54, 1.807) is 59.5 Å². The van der Waals surface area contributed by atoms with Crippen LogP contribution in [0.25, 0.3) is 32.8 Å². The quantitative estimate of drug-likeness (QED) is 0.129. The van der Waals surface area contributed by atoms with Gasteiger partial charge < -0.3 is 9.84 Å². The fraction of sp³-hybridized carbons (Fsp3) is 0.267. The molecule has 6 unspecified atom stereocenters. The summed E-state index contributed by atoms with van der Waals surface area (Å²) in [6.45, 7) is 7.66. The number of rotatable bonds is 7. The summed E-state index contributed by atoms with van der Waals surface area (Å²) < 4.78 is 7.98. The van der Waals surface area contributed by atoms with Crippen molar-refractivity contribution >= 4 is 80.3 Å². The van der Waals surface area contributed by atoms with Crippen LogP contribution in [0.1, 0.15) is 36.5 Å². The predicted molar refractivity (Wildman–Crippen MR) is 222 cm³/mol. The van der Waals surface area contributed by atoms with Gasteiger partial charge in [0.25, 0.3) is 0 Å². The summed E-state index contributed by atoms with van der Waals surface area (Å²) in [5.74, 6) is -3.81. The molecule has 5 aromatic rings. The van der Waals surface area contributed by atoms with Gasteiger partial charge in [-0.25, -0.2) is 4.90 Å². The highest BCUT2D eigenvalue weighted by atomic mass is 35.5. The molecule has 57 heavy (non-hydrogen) atoms. The van der Waals surface area contributed by atoms with E-state index in [0.717, 1.165) is 31.7 Å². The lowest BCUT2D eigenvalue weighted by molar-refractivity contribution is -0.132. The zero-order valence-corrected chi connectivity index (χ0v) is 33.3. The normalized spacial score (nSPS) is 25.6. The Hall–Kier alpha value is -5.78. The molecule has 4 aliphatic rings. The van der Waals surface area contributed by atoms with E-state index in [1.165, 1.54) is 23.0 Å². The highest BCUT2D eigenvalue weighted by molar-refractivity contribution is 7.22. The summed E-state index contributed by atoms with van der Waals surface area (Å²) in [4.78, 5) is 61.9. The fourth-order valence-corrected chi connectivity index (χ4v) is 11.0. The van der Waals surface area contributed by atoms with E-state index < -0.39 is 35.0 Å². The highest BCUT2D eigenvalue weighted by Gasteiger charge is 2.67. The standard InChI is InChI=1S/C45H39ClN4O6S/c1-6-24-7-12-27(13-8-24)49-41(52)29-15-14-28-31(39(29)43(49)54)21-33-42(53)50(44(55)45(33,3)32(28)16-9-25-10-17-35(51)36(19-25)56-5)38-22-34(47-48(38)4)40-23(2)30-20-26(46)11-18-37(30)57-40/h6-14,16-20,22,29,31-33,39,51H,1,15,21H2,2-5H3. The number of benzene rings is 3. The summed E-state index contributed by atoms with van der Waals surface area (Å²) in [7, 11) is 3.20. The average molecular weight is 799 g/mol. The molecule has 1 saturated carbocycles. The maximum atomic E-state index is 15.1. The minimum absolute atomic E-state index is 0.00840. The number of thiophene rings is 1. The predicted octanol–water partition coefficient (Wildman–Crippen LogP) is 8.60. The smallest absolute Gasteiger partial charge is 0.242 e. The van der Waals surface area contributed by atoms with Crippen molar-refractivity contribution in [1.29, 1.82) is 0 Å². The molecule has 4 heterocycles. The second-order valence-electron chi connectivity index (χ2n) is 15.5. The first-order valence-corrected chi connectivity index (χ1v) is 20.0. The molecule has 2 aliphatic carbocycles. The van der Waals surface area contributed by atoms with Crippen LogP contribution in [0.3, 0.4) is 0 Å². The number of ether oxygens (including phenoxy) is 1. The van der Waals surface area contributed by atoms with Crippen LogP contribution in [0, 0.1) is 41.9 Å². The average Bonchev–Trinajstić information content (AvgIpc) is 3.88. The Morgan fingerprint density at radius 2 is 1.72 bits per heavy atom. The number of amides is 4. The lowest BCUT2D eigenvalue weighted by Gasteiger charge is -2.47. The van der Waals surface area contributed by atoms with Crippen LogP contribution < -0.4 is 14.5 Å². The molecule has 0 spiro atoms. The van der Waals surface area contributed by atoms with Crippen molar-refractivity contribution < 1.29 is 29.0 Å². The lowest BCUT2D eigenvalue weighted by atomic mass is 9.52. The number of aromatic nitrogens is 2. The summed E-state index contributed by atoms with van der Waals surface area (Å²) in [5.41, 5.74) is 3.35. The number of aryl methyl sites for hydroxylation is 2. The number of aromatic hydroxyl groups is 1. The number of anilines is 2. The van der Waals surface area contributed by atoms with Gasteiger partial charge in [-0.1, -0.05) is 66.3 Å². The zero-order chi connectivity index (χ0) is 40.1. The maximum absolute atomic E-state index is 15.1. The van der Waals surface area contributed by atoms with Crippen molar-refractivity contribution in [3.8, 4) is 22.1 Å². The Morgan fingerprint density at radius 1 is 0.965 bits per heavy atom. The number of carbonyl (C=O) groups is 4. The highest BCUT2D eigenvalue weighted by Crippen LogP contribution is 2.61. The van der Waals surface area contributed by atoms with Gasteiger partial charge in [-0.2, -0.15) is 5.10 Å². The van der Waals surface area contributed by atoms with Gasteiger partial charge in [-0.05, 0) is 97.1 Å². The van der Waals surface area contributed by atoms with Gasteiger partial charge in [0.15, 0.2) is 11.5 Å². The number of fused-ring (bicyclic) bond motifs is 5. The largest absolute Gasteiger partial charge is 0.504 e. The van der Waals surface area contributed by atoms with E-state index in [1.807, 2.05) is 62.4 Å². The third-order valence-electron chi connectivity index (χ3n) is 12.6. The number of halogens is 1. The van der Waals surface area contributed by atoms with Crippen molar-refractivity contribution in [3.63, 3.8) is 0 Å². The van der Waals surface area contributed by atoms with Crippen LogP contribution >= 0.6 is 22.9 Å². The Morgan fingerprint density at radius 3 is 2.46 bits per heavy atom. The number of phenols is 1. The number of phenolic OH excluding ortho intramolecular Hbond substituents is 1. The third-order valence-corrected chi connectivity index (χ3v) is 14.2. The second-order valence-corrected chi connectivity index (χ2v) is 17.0. The number of imide groups is 2. The Kier molecular flexibility index (Phi) is 8.67. The van der Waals surface area contributed by atoms with Gasteiger partial charge in [0.05, 0.1) is 40.8 Å². The molecule has 9 rings (SSSR count). The number of allylic oxidation sites excluding steroid dienone is 3. The van der Waals surface area contributed by atoms with Crippen LogP contribution in [0.15, 0.2) is 91.0 Å². The van der Waals surface area contributed by atoms with Gasteiger partial charge in [-0.3, -0.25) is 28.8 Å². The van der Waals surface area contributed by atoms with Crippen molar-refractivity contribution in [3.05, 3.63) is 113 Å². The lowest BCUT2D eigenvalue weighted by Crippen LogP contribution is -2.49. The number of hydrogen-bond acceptors (Lipinski definition) is 8. The molecular formula is C45H39ClN4O6S. The van der Waals surface area contributed by atoms with E-state index in [2.05, 4.69) is 6.58 Å². The number of carbonyl (C=O) groups excluding carboxylic acids is 4. The molecule has 6 atom stereocenters. The van der Waals surface area contributed by atoms with Gasteiger partial charge in [-0.15, -0.1) is 11.3 Å². The van der Waals surface area contributed by atoms with E-state index in [9.17, 15) is 19.5 Å². The molecule has 10 nitrogen and oxygen atoms in total. The first kappa shape index (κ1) is 36.8. The number of methoxy groups -OCH3 is 1. The van der Waals surface area contributed by atoms with Crippen LogP contribution in [-0.4, -0.2) is 45.6 Å². The summed E-state index contributed by atoms with van der Waals surface area (Å²) in [5, 5.41) is 16.7. The third kappa shape index (κ3) is 5.46. The van der Waals surface area contributed by atoms with E-state index in [-0.39, 0.29) is 35.8 Å². The van der Waals surface area contributed by atoms with Crippen molar-refractivity contribution in [2.75, 3.05) is 16.9 Å². The SMILES string of the molecule is C=Cc1ccc(N2C(=O)C3CC=C4C(CC5C(=O)N(c6cc(-c7sc8ccc(Cl)cc8c7C)nn6C)C(=O)C5(C)C4C=Cc4ccc(O)c(OC)c4)C3C2=O)cc1. The summed E-state index contributed by atoms with van der Waals surface area (Å²) in [6.07, 6.45) is 8.07. The Balaban J connectivity index is 1.13. The van der Waals surface area contributed by atoms with Gasteiger partial charge in [0.2, 0.25) is 23.6 Å². The van der Waals surface area contributed by atoms with Gasteiger partial charge in [0, 0.05) is 28.8 Å². The van der Waals surface area contributed by atoms with Crippen LogP contribution in [0.5, 0.6) is 11.5 Å². The molecule has 288 valence electrons. The minimum Gasteiger partial charge on any atom is -0.504 e. The summed E-state index contributed by atoms with van der Waals surface area (Å²) in [6, 6.07) is 19.7. The van der Waals surface area contributed by atoms with E-state index in [4.69, 9.17) is 21.4 Å². The zero-order valence-electron chi connectivity index (χ0n) is 31.7. The molecule has 2 saturated heterocycles. The first-order chi connectivity index (χ1) is 27.3. The molecule has 2 aromatic heterocycles. The van der Waals surface area contributed by atoms with E-state index in [0.29, 0.717) is 40.0 Å². The van der Waals surface area contributed by atoms with E-state index >= 15 is 4.79 Å². The molecular weight excluding hydrogens is 760 g/mol. The van der Waals surface area contributed by atoms with Crippen LogP contribution in [0.4, 0.5) is 11.5 Å². The van der Waals surface area contributed by atoms with Gasteiger partial charge >= 0.3 is 0 Å². The molecule has 3 fully saturated rings. The first-order valence-electron chi connectivity index (χ1n) is 18.8.